The number of halogens is 1. The molecule has 0 spiro atoms. The lowest BCUT2D eigenvalue weighted by atomic mass is 10.2. The molecule has 0 aliphatic rings. The Hall–Kier alpha value is -2.37. The second kappa shape index (κ2) is 7.03. The molecule has 0 aliphatic heterocycles. The minimum Gasteiger partial charge on any atom is -0.495 e. The standard InChI is InChI=1S/C18H15ClN2O2S/c1-3-11-21-16-14(23-2)9-6-10-15(16)24-18(21)20-17(22)12-7-4-5-8-13(12)19/h3-10H,1,11H2,2H3. The van der Waals surface area contributed by atoms with Crippen molar-refractivity contribution in [3.8, 4) is 5.75 Å². The number of aromatic nitrogens is 1. The van der Waals surface area contributed by atoms with Gasteiger partial charge in [0.25, 0.3) is 5.91 Å². The van der Waals surface area contributed by atoms with E-state index in [0.717, 1.165) is 16.0 Å². The van der Waals surface area contributed by atoms with Crippen LogP contribution in [0, 0.1) is 0 Å². The molecule has 0 atom stereocenters. The van der Waals surface area contributed by atoms with Crippen molar-refractivity contribution in [2.75, 3.05) is 7.11 Å². The van der Waals surface area contributed by atoms with Gasteiger partial charge >= 0.3 is 0 Å². The Labute approximate surface area is 148 Å². The Kier molecular flexibility index (Phi) is 4.83. The second-order valence-corrected chi connectivity index (χ2v) is 6.40. The van der Waals surface area contributed by atoms with Gasteiger partial charge in [0, 0.05) is 6.54 Å². The molecule has 1 aromatic heterocycles. The van der Waals surface area contributed by atoms with Crippen molar-refractivity contribution in [1.29, 1.82) is 0 Å². The van der Waals surface area contributed by atoms with Crippen molar-refractivity contribution >= 4 is 39.1 Å². The predicted molar refractivity (Wildman–Crippen MR) is 97.9 cm³/mol. The number of para-hydroxylation sites is 1. The van der Waals surface area contributed by atoms with E-state index in [-0.39, 0.29) is 5.91 Å². The summed E-state index contributed by atoms with van der Waals surface area (Å²) in [6.45, 7) is 4.31. The molecule has 0 saturated heterocycles. The third kappa shape index (κ3) is 3.00. The van der Waals surface area contributed by atoms with Gasteiger partial charge in [0.05, 0.1) is 22.4 Å². The highest BCUT2D eigenvalue weighted by Crippen LogP contribution is 2.27. The quantitative estimate of drug-likeness (QED) is 0.653. The number of hydrogen-bond acceptors (Lipinski definition) is 3. The summed E-state index contributed by atoms with van der Waals surface area (Å²) in [6, 6.07) is 12.7. The number of carbonyl (C=O) groups is 1. The Bertz CT molecular complexity index is 988. The first kappa shape index (κ1) is 16.5. The van der Waals surface area contributed by atoms with E-state index < -0.39 is 0 Å². The zero-order chi connectivity index (χ0) is 17.1. The summed E-state index contributed by atoms with van der Waals surface area (Å²) in [5, 5.41) is 0.389. The summed E-state index contributed by atoms with van der Waals surface area (Å²) >= 11 is 7.52. The summed E-state index contributed by atoms with van der Waals surface area (Å²) < 4.78 is 8.35. The van der Waals surface area contributed by atoms with Gasteiger partial charge < -0.3 is 9.30 Å². The number of fused-ring (bicyclic) bond motifs is 1. The van der Waals surface area contributed by atoms with Gasteiger partial charge in [-0.05, 0) is 24.3 Å². The lowest BCUT2D eigenvalue weighted by Crippen LogP contribution is -2.16. The van der Waals surface area contributed by atoms with Crippen LogP contribution in [0.3, 0.4) is 0 Å². The number of allylic oxidation sites excluding steroid dienone is 1. The largest absolute Gasteiger partial charge is 0.495 e. The van der Waals surface area contributed by atoms with Crippen LogP contribution < -0.4 is 9.54 Å². The minimum atomic E-state index is -0.371. The molecule has 0 bridgehead atoms. The highest BCUT2D eigenvalue weighted by molar-refractivity contribution is 7.16. The van der Waals surface area contributed by atoms with E-state index in [1.165, 1.54) is 11.3 Å². The van der Waals surface area contributed by atoms with Crippen molar-refractivity contribution < 1.29 is 9.53 Å². The summed E-state index contributed by atoms with van der Waals surface area (Å²) in [5.74, 6) is 0.362. The Morgan fingerprint density at radius 3 is 2.83 bits per heavy atom. The van der Waals surface area contributed by atoms with Crippen molar-refractivity contribution in [2.24, 2.45) is 4.99 Å². The lowest BCUT2D eigenvalue weighted by molar-refractivity contribution is 0.0998. The van der Waals surface area contributed by atoms with Crippen LogP contribution in [0.5, 0.6) is 5.75 Å². The molecule has 0 unspecified atom stereocenters. The Morgan fingerprint density at radius 1 is 1.33 bits per heavy atom. The van der Waals surface area contributed by atoms with Gasteiger partial charge in [0.2, 0.25) is 0 Å². The van der Waals surface area contributed by atoms with E-state index >= 15 is 0 Å². The fraction of sp³-hybridized carbons (Fsp3) is 0.111. The van der Waals surface area contributed by atoms with Gasteiger partial charge in [0.15, 0.2) is 4.80 Å². The van der Waals surface area contributed by atoms with Crippen LogP contribution in [-0.4, -0.2) is 17.6 Å². The van der Waals surface area contributed by atoms with E-state index in [1.54, 1.807) is 37.5 Å². The SMILES string of the molecule is C=CCn1c(=NC(=O)c2ccccc2Cl)sc2cccc(OC)c21. The summed E-state index contributed by atoms with van der Waals surface area (Å²) in [7, 11) is 1.62. The zero-order valence-electron chi connectivity index (χ0n) is 13.0. The monoisotopic (exact) mass is 358 g/mol. The van der Waals surface area contributed by atoms with Crippen molar-refractivity contribution in [2.45, 2.75) is 6.54 Å². The molecule has 3 aromatic rings. The van der Waals surface area contributed by atoms with Gasteiger partial charge in [-0.1, -0.05) is 47.2 Å². The van der Waals surface area contributed by atoms with Gasteiger partial charge in [0.1, 0.15) is 11.3 Å². The number of thiazole rings is 1. The molecule has 24 heavy (non-hydrogen) atoms. The van der Waals surface area contributed by atoms with E-state index in [1.807, 2.05) is 22.8 Å². The van der Waals surface area contributed by atoms with Gasteiger partial charge in [-0.15, -0.1) is 6.58 Å². The molecule has 0 fully saturated rings. The molecule has 0 N–H and O–H groups in total. The van der Waals surface area contributed by atoms with Crippen LogP contribution in [-0.2, 0) is 6.54 Å². The number of carbonyl (C=O) groups excluding carboxylic acids is 1. The van der Waals surface area contributed by atoms with E-state index in [4.69, 9.17) is 16.3 Å². The number of benzene rings is 2. The average Bonchev–Trinajstić information content (AvgIpc) is 2.93. The zero-order valence-corrected chi connectivity index (χ0v) is 14.6. The topological polar surface area (TPSA) is 43.6 Å². The fourth-order valence-corrected chi connectivity index (χ4v) is 3.70. The number of hydrogen-bond donors (Lipinski definition) is 0. The molecule has 0 saturated carbocycles. The number of nitrogens with zero attached hydrogens (tertiary/aromatic N) is 2. The van der Waals surface area contributed by atoms with Crippen molar-refractivity contribution in [3.05, 3.63) is 70.5 Å². The summed E-state index contributed by atoms with van der Waals surface area (Å²) in [4.78, 5) is 17.4. The third-order valence-electron chi connectivity index (χ3n) is 3.50. The van der Waals surface area contributed by atoms with Crippen LogP contribution in [0.2, 0.25) is 5.02 Å². The average molecular weight is 359 g/mol. The molecule has 6 heteroatoms. The van der Waals surface area contributed by atoms with Gasteiger partial charge in [-0.25, -0.2) is 0 Å². The molecular formula is C18H15ClN2O2S. The van der Waals surface area contributed by atoms with Crippen LogP contribution >= 0.6 is 22.9 Å². The predicted octanol–water partition coefficient (Wildman–Crippen LogP) is 4.29. The number of rotatable bonds is 4. The molecule has 3 rings (SSSR count). The maximum absolute atomic E-state index is 12.5. The molecule has 1 amide bonds. The van der Waals surface area contributed by atoms with Crippen molar-refractivity contribution in [1.82, 2.24) is 4.57 Å². The first-order valence-electron chi connectivity index (χ1n) is 7.26. The van der Waals surface area contributed by atoms with E-state index in [0.29, 0.717) is 21.9 Å². The summed E-state index contributed by atoms with van der Waals surface area (Å²) in [6.07, 6.45) is 1.76. The number of amides is 1. The molecule has 2 aromatic carbocycles. The number of methoxy groups -OCH3 is 1. The van der Waals surface area contributed by atoms with E-state index in [9.17, 15) is 4.79 Å². The maximum Gasteiger partial charge on any atom is 0.281 e. The van der Waals surface area contributed by atoms with Crippen LogP contribution in [0.1, 0.15) is 10.4 Å². The van der Waals surface area contributed by atoms with Gasteiger partial charge in [-0.2, -0.15) is 4.99 Å². The number of ether oxygens (including phenoxy) is 1. The van der Waals surface area contributed by atoms with E-state index in [2.05, 4.69) is 11.6 Å². The van der Waals surface area contributed by atoms with Crippen LogP contribution in [0.25, 0.3) is 10.2 Å². The first-order valence-corrected chi connectivity index (χ1v) is 8.46. The molecule has 122 valence electrons. The second-order valence-electron chi connectivity index (χ2n) is 4.99. The smallest absolute Gasteiger partial charge is 0.281 e. The Morgan fingerprint density at radius 2 is 2.12 bits per heavy atom. The lowest BCUT2D eigenvalue weighted by Gasteiger charge is -2.06. The minimum absolute atomic E-state index is 0.371. The van der Waals surface area contributed by atoms with Crippen LogP contribution in [0.4, 0.5) is 0 Å². The molecule has 1 heterocycles. The highest BCUT2D eigenvalue weighted by Gasteiger charge is 2.13. The fourth-order valence-electron chi connectivity index (χ4n) is 2.43. The maximum atomic E-state index is 12.5. The molecule has 0 radical (unpaired) electrons. The molecular weight excluding hydrogens is 344 g/mol. The van der Waals surface area contributed by atoms with Crippen LogP contribution in [0.15, 0.2) is 60.1 Å². The van der Waals surface area contributed by atoms with Crippen molar-refractivity contribution in [3.63, 3.8) is 0 Å². The highest BCUT2D eigenvalue weighted by atomic mass is 35.5. The first-order chi connectivity index (χ1) is 11.7. The Balaban J connectivity index is 2.22. The third-order valence-corrected chi connectivity index (χ3v) is 4.87. The molecule has 4 nitrogen and oxygen atoms in total. The normalized spacial score (nSPS) is 11.7. The van der Waals surface area contributed by atoms with Gasteiger partial charge in [-0.3, -0.25) is 4.79 Å². The summed E-state index contributed by atoms with van der Waals surface area (Å²) in [5.41, 5.74) is 1.28. The molecule has 0 aliphatic carbocycles.